The number of anilines is 1. The van der Waals surface area contributed by atoms with Gasteiger partial charge in [0, 0.05) is 32.4 Å². The molecule has 0 unspecified atom stereocenters. The van der Waals surface area contributed by atoms with E-state index in [1.807, 2.05) is 48.5 Å². The molecule has 0 spiro atoms. The lowest BCUT2D eigenvalue weighted by Crippen LogP contribution is -2.49. The third kappa shape index (κ3) is 4.24. The van der Waals surface area contributed by atoms with E-state index in [-0.39, 0.29) is 12.4 Å². The Morgan fingerprint density at radius 3 is 2.33 bits per heavy atom. The predicted molar refractivity (Wildman–Crippen MR) is 93.7 cm³/mol. The molecule has 3 rings (SSSR count). The maximum Gasteiger partial charge on any atom is 0.217 e. The van der Waals surface area contributed by atoms with Crippen LogP contribution in [0.5, 0.6) is 5.75 Å². The number of hydrogen-bond acceptors (Lipinski definition) is 5. The monoisotopic (exact) mass is 347 g/mol. The minimum Gasteiger partial charge on any atom is -0.492 e. The highest BCUT2D eigenvalue weighted by Gasteiger charge is 2.27. The van der Waals surface area contributed by atoms with E-state index in [1.54, 1.807) is 10.5 Å². The zero-order valence-corrected chi connectivity index (χ0v) is 14.2. The molecule has 1 saturated heterocycles. The van der Waals surface area contributed by atoms with Crippen LogP contribution in [0.2, 0.25) is 0 Å². The van der Waals surface area contributed by atoms with E-state index in [0.29, 0.717) is 31.9 Å². The largest absolute Gasteiger partial charge is 0.492 e. The van der Waals surface area contributed by atoms with Crippen molar-refractivity contribution in [2.24, 2.45) is 0 Å². The Bertz CT molecular complexity index is 730. The Kier molecular flexibility index (Phi) is 5.32. The number of para-hydroxylation sites is 1. The van der Waals surface area contributed by atoms with Gasteiger partial charge < -0.3 is 9.64 Å². The summed E-state index contributed by atoms with van der Waals surface area (Å²) in [5, 5.41) is 0. The third-order valence-electron chi connectivity index (χ3n) is 3.96. The molecule has 2 heterocycles. The lowest BCUT2D eigenvalue weighted by atomic mass is 10.3. The number of benzene rings is 1. The molecule has 0 radical (unpaired) electrons. The standard InChI is InChI=1S/C17H21N3O3S/c21-24(22,15-14-23-16-6-2-1-3-7-16)20-12-10-19(11-13-20)17-8-4-5-9-18-17/h1-9H,10-15H2. The zero-order valence-electron chi connectivity index (χ0n) is 13.4. The van der Waals surface area contributed by atoms with E-state index in [1.165, 1.54) is 0 Å². The summed E-state index contributed by atoms with van der Waals surface area (Å²) in [5.74, 6) is 1.57. The molecule has 24 heavy (non-hydrogen) atoms. The lowest BCUT2D eigenvalue weighted by Gasteiger charge is -2.34. The minimum atomic E-state index is -3.30. The van der Waals surface area contributed by atoms with Crippen molar-refractivity contribution in [1.82, 2.24) is 9.29 Å². The Morgan fingerprint density at radius 1 is 0.958 bits per heavy atom. The fourth-order valence-corrected chi connectivity index (χ4v) is 3.92. The van der Waals surface area contributed by atoms with Crippen LogP contribution in [0.25, 0.3) is 0 Å². The van der Waals surface area contributed by atoms with Crippen molar-refractivity contribution in [2.45, 2.75) is 0 Å². The molecule has 0 saturated carbocycles. The van der Waals surface area contributed by atoms with E-state index >= 15 is 0 Å². The minimum absolute atomic E-state index is 0.00845. The number of ether oxygens (including phenoxy) is 1. The van der Waals surface area contributed by atoms with Crippen LogP contribution in [0, 0.1) is 0 Å². The van der Waals surface area contributed by atoms with Gasteiger partial charge >= 0.3 is 0 Å². The Balaban J connectivity index is 1.49. The average Bonchev–Trinajstić information content (AvgIpc) is 2.63. The molecule has 0 atom stereocenters. The summed E-state index contributed by atoms with van der Waals surface area (Å²) in [6.07, 6.45) is 1.75. The molecule has 1 aliphatic rings. The van der Waals surface area contributed by atoms with Crippen LogP contribution < -0.4 is 9.64 Å². The summed E-state index contributed by atoms with van der Waals surface area (Å²) in [4.78, 5) is 6.41. The van der Waals surface area contributed by atoms with Crippen LogP contribution in [0.15, 0.2) is 54.7 Å². The van der Waals surface area contributed by atoms with Crippen molar-refractivity contribution >= 4 is 15.8 Å². The fraction of sp³-hybridized carbons (Fsp3) is 0.353. The highest BCUT2D eigenvalue weighted by atomic mass is 32.2. The van der Waals surface area contributed by atoms with Gasteiger partial charge in [0.1, 0.15) is 18.2 Å². The normalized spacial score (nSPS) is 16.1. The second kappa shape index (κ2) is 7.63. The van der Waals surface area contributed by atoms with Gasteiger partial charge in [-0.05, 0) is 24.3 Å². The second-order valence-corrected chi connectivity index (χ2v) is 7.64. The number of nitrogens with zero attached hydrogens (tertiary/aromatic N) is 3. The molecule has 128 valence electrons. The van der Waals surface area contributed by atoms with Gasteiger partial charge in [0.05, 0.1) is 5.75 Å². The van der Waals surface area contributed by atoms with Crippen molar-refractivity contribution in [3.8, 4) is 5.75 Å². The molecular weight excluding hydrogens is 326 g/mol. The average molecular weight is 347 g/mol. The van der Waals surface area contributed by atoms with Crippen molar-refractivity contribution in [3.05, 3.63) is 54.7 Å². The number of hydrogen-bond donors (Lipinski definition) is 0. The molecule has 1 aliphatic heterocycles. The smallest absolute Gasteiger partial charge is 0.217 e. The fourth-order valence-electron chi connectivity index (χ4n) is 2.65. The van der Waals surface area contributed by atoms with Crippen LogP contribution in [-0.2, 0) is 10.0 Å². The maximum absolute atomic E-state index is 12.4. The van der Waals surface area contributed by atoms with Gasteiger partial charge in [0.25, 0.3) is 0 Å². The summed E-state index contributed by atoms with van der Waals surface area (Å²) in [6, 6.07) is 15.0. The van der Waals surface area contributed by atoms with Crippen molar-refractivity contribution < 1.29 is 13.2 Å². The molecular formula is C17H21N3O3S. The third-order valence-corrected chi connectivity index (χ3v) is 5.79. The van der Waals surface area contributed by atoms with Gasteiger partial charge in [-0.2, -0.15) is 4.31 Å². The van der Waals surface area contributed by atoms with Gasteiger partial charge in [-0.25, -0.2) is 13.4 Å². The molecule has 1 aromatic heterocycles. The van der Waals surface area contributed by atoms with E-state index < -0.39 is 10.0 Å². The summed E-state index contributed by atoms with van der Waals surface area (Å²) >= 11 is 0. The van der Waals surface area contributed by atoms with Crippen LogP contribution in [-0.4, -0.2) is 56.2 Å². The first-order valence-electron chi connectivity index (χ1n) is 7.97. The summed E-state index contributed by atoms with van der Waals surface area (Å²) in [5.41, 5.74) is 0. The van der Waals surface area contributed by atoms with Crippen molar-refractivity contribution in [1.29, 1.82) is 0 Å². The molecule has 0 amide bonds. The van der Waals surface area contributed by atoms with Crippen LogP contribution in [0.4, 0.5) is 5.82 Å². The number of aromatic nitrogens is 1. The van der Waals surface area contributed by atoms with Gasteiger partial charge in [-0.3, -0.25) is 0 Å². The number of piperazine rings is 1. The van der Waals surface area contributed by atoms with Gasteiger partial charge in [-0.15, -0.1) is 0 Å². The van der Waals surface area contributed by atoms with Gasteiger partial charge in [0.15, 0.2) is 0 Å². The van der Waals surface area contributed by atoms with Crippen LogP contribution >= 0.6 is 0 Å². The molecule has 7 heteroatoms. The molecule has 0 aliphatic carbocycles. The van der Waals surface area contributed by atoms with E-state index in [9.17, 15) is 8.42 Å². The lowest BCUT2D eigenvalue weighted by molar-refractivity contribution is 0.331. The molecule has 0 bridgehead atoms. The van der Waals surface area contributed by atoms with Crippen LogP contribution in [0.1, 0.15) is 0 Å². The summed E-state index contributed by atoms with van der Waals surface area (Å²) < 4.78 is 31.9. The maximum atomic E-state index is 12.4. The van der Waals surface area contributed by atoms with E-state index in [4.69, 9.17) is 4.74 Å². The molecule has 0 N–H and O–H groups in total. The number of rotatable bonds is 6. The first-order valence-corrected chi connectivity index (χ1v) is 9.58. The first kappa shape index (κ1) is 16.7. The number of pyridine rings is 1. The Morgan fingerprint density at radius 2 is 1.67 bits per heavy atom. The highest BCUT2D eigenvalue weighted by molar-refractivity contribution is 7.89. The quantitative estimate of drug-likeness (QED) is 0.794. The molecule has 1 fully saturated rings. The summed E-state index contributed by atoms with van der Waals surface area (Å²) in [7, 11) is -3.30. The Hall–Kier alpha value is -2.12. The topological polar surface area (TPSA) is 62.7 Å². The second-order valence-electron chi connectivity index (χ2n) is 5.55. The predicted octanol–water partition coefficient (Wildman–Crippen LogP) is 1.61. The number of sulfonamides is 1. The van der Waals surface area contributed by atoms with Crippen molar-refractivity contribution in [2.75, 3.05) is 43.4 Å². The van der Waals surface area contributed by atoms with E-state index in [0.717, 1.165) is 5.82 Å². The molecule has 6 nitrogen and oxygen atoms in total. The van der Waals surface area contributed by atoms with Crippen molar-refractivity contribution in [3.63, 3.8) is 0 Å². The summed E-state index contributed by atoms with van der Waals surface area (Å²) in [6.45, 7) is 2.41. The highest BCUT2D eigenvalue weighted by Crippen LogP contribution is 2.15. The molecule has 2 aromatic rings. The van der Waals surface area contributed by atoms with Gasteiger partial charge in [0.2, 0.25) is 10.0 Å². The van der Waals surface area contributed by atoms with E-state index in [2.05, 4.69) is 9.88 Å². The zero-order chi connectivity index (χ0) is 16.8. The van der Waals surface area contributed by atoms with Crippen LogP contribution in [0.3, 0.4) is 0 Å². The Labute approximate surface area is 142 Å². The first-order chi connectivity index (χ1) is 11.6. The SMILES string of the molecule is O=S(=O)(CCOc1ccccc1)N1CCN(c2ccccn2)CC1. The molecule has 1 aromatic carbocycles. The van der Waals surface area contributed by atoms with Gasteiger partial charge in [-0.1, -0.05) is 24.3 Å².